The lowest BCUT2D eigenvalue weighted by molar-refractivity contribution is -0.0399. The third-order valence-electron chi connectivity index (χ3n) is 13.9. The summed E-state index contributed by atoms with van der Waals surface area (Å²) in [4.78, 5) is 0. The van der Waals surface area contributed by atoms with Crippen molar-refractivity contribution >= 4 is 31.5 Å². The van der Waals surface area contributed by atoms with Crippen LogP contribution in [0.2, 0.25) is 0 Å². The Bertz CT molecular complexity index is 2700. The molecule has 4 bridgehead atoms. The van der Waals surface area contributed by atoms with Crippen molar-refractivity contribution in [3.8, 4) is 55.6 Å². The quantitative estimate of drug-likeness (QED) is 0.172. The summed E-state index contributed by atoms with van der Waals surface area (Å²) < 4.78 is 2.71. The van der Waals surface area contributed by atoms with E-state index in [1.807, 2.05) is 11.3 Å². The first-order valence-corrected chi connectivity index (χ1v) is 20.5. The molecule has 0 aliphatic heterocycles. The Morgan fingerprint density at radius 2 is 0.962 bits per heavy atom. The Morgan fingerprint density at radius 3 is 1.77 bits per heavy atom. The summed E-state index contributed by atoms with van der Waals surface area (Å²) in [5.74, 6) is 3.46. The van der Waals surface area contributed by atoms with E-state index in [-0.39, 0.29) is 5.41 Å². The molecule has 4 fully saturated rings. The maximum atomic E-state index is 2.53. The smallest absolute Gasteiger partial charge is 0.0361 e. The van der Waals surface area contributed by atoms with Gasteiger partial charge in [0.25, 0.3) is 0 Å². The number of rotatable bonds is 4. The molecular weight excluding hydrogens is 657 g/mol. The molecule has 5 aliphatic rings. The van der Waals surface area contributed by atoms with Gasteiger partial charge in [-0.1, -0.05) is 133 Å². The van der Waals surface area contributed by atoms with Crippen molar-refractivity contribution in [1.82, 2.24) is 0 Å². The average molecular weight is 697 g/mol. The normalized spacial score (nSPS) is 23.5. The second-order valence-electron chi connectivity index (χ2n) is 16.5. The van der Waals surface area contributed by atoms with Crippen LogP contribution in [0.15, 0.2) is 158 Å². The van der Waals surface area contributed by atoms with Crippen molar-refractivity contribution in [2.75, 3.05) is 0 Å². The van der Waals surface area contributed by atoms with Crippen molar-refractivity contribution in [3.05, 3.63) is 169 Å². The zero-order valence-electron chi connectivity index (χ0n) is 29.8. The van der Waals surface area contributed by atoms with E-state index in [4.69, 9.17) is 0 Å². The van der Waals surface area contributed by atoms with Gasteiger partial charge in [-0.25, -0.2) is 0 Å². The molecule has 0 nitrogen and oxygen atoms in total. The fourth-order valence-electron chi connectivity index (χ4n) is 12.0. The van der Waals surface area contributed by atoms with Crippen LogP contribution in [0.4, 0.5) is 0 Å². The molecule has 7 aromatic carbocycles. The van der Waals surface area contributed by atoms with Crippen LogP contribution in [0.25, 0.3) is 75.8 Å². The highest BCUT2D eigenvalue weighted by molar-refractivity contribution is 7.26. The Morgan fingerprint density at radius 1 is 0.396 bits per heavy atom. The summed E-state index contributed by atoms with van der Waals surface area (Å²) >= 11 is 1.92. The monoisotopic (exact) mass is 696 g/mol. The fourth-order valence-corrected chi connectivity index (χ4v) is 13.1. The van der Waals surface area contributed by atoms with Crippen LogP contribution in [-0.4, -0.2) is 0 Å². The first-order valence-electron chi connectivity index (χ1n) is 19.7. The molecule has 53 heavy (non-hydrogen) atoms. The van der Waals surface area contributed by atoms with Crippen molar-refractivity contribution in [3.63, 3.8) is 0 Å². The van der Waals surface area contributed by atoms with Gasteiger partial charge in [-0.2, -0.15) is 0 Å². The molecule has 13 rings (SSSR count). The molecule has 5 aliphatic carbocycles. The highest BCUT2D eigenvalue weighted by atomic mass is 32.1. The van der Waals surface area contributed by atoms with Gasteiger partial charge >= 0.3 is 0 Å². The second-order valence-corrected chi connectivity index (χ2v) is 17.5. The van der Waals surface area contributed by atoms with E-state index in [1.165, 1.54) is 108 Å². The van der Waals surface area contributed by atoms with Gasteiger partial charge in [0.15, 0.2) is 0 Å². The summed E-state index contributed by atoms with van der Waals surface area (Å²) in [5.41, 5.74) is 16.8. The second kappa shape index (κ2) is 11.4. The minimum atomic E-state index is 0.189. The van der Waals surface area contributed by atoms with Crippen LogP contribution in [0.1, 0.15) is 43.2 Å². The zero-order valence-corrected chi connectivity index (χ0v) is 30.6. The summed E-state index contributed by atoms with van der Waals surface area (Å²) in [7, 11) is 0. The van der Waals surface area contributed by atoms with E-state index in [9.17, 15) is 0 Å². The third-order valence-corrected chi connectivity index (χ3v) is 15.0. The van der Waals surface area contributed by atoms with Gasteiger partial charge < -0.3 is 0 Å². The van der Waals surface area contributed by atoms with E-state index in [0.717, 1.165) is 23.7 Å². The van der Waals surface area contributed by atoms with Gasteiger partial charge in [-0.15, -0.1) is 11.3 Å². The lowest BCUT2D eigenvalue weighted by Gasteiger charge is -2.61. The highest BCUT2D eigenvalue weighted by Gasteiger charge is 2.61. The van der Waals surface area contributed by atoms with E-state index >= 15 is 0 Å². The van der Waals surface area contributed by atoms with Crippen LogP contribution < -0.4 is 0 Å². The zero-order chi connectivity index (χ0) is 34.7. The van der Waals surface area contributed by atoms with Gasteiger partial charge in [0, 0.05) is 25.6 Å². The topological polar surface area (TPSA) is 0 Å². The number of hydrogen-bond donors (Lipinski definition) is 0. The van der Waals surface area contributed by atoms with Crippen molar-refractivity contribution < 1.29 is 0 Å². The predicted octanol–water partition coefficient (Wildman–Crippen LogP) is 14.4. The van der Waals surface area contributed by atoms with Crippen LogP contribution in [0, 0.1) is 23.7 Å². The molecule has 1 heteroatoms. The highest BCUT2D eigenvalue weighted by Crippen LogP contribution is 2.70. The van der Waals surface area contributed by atoms with Crippen LogP contribution in [0.5, 0.6) is 0 Å². The molecular formula is C52H40S. The van der Waals surface area contributed by atoms with Crippen molar-refractivity contribution in [2.45, 2.75) is 37.5 Å². The molecule has 1 spiro atoms. The van der Waals surface area contributed by atoms with Crippen LogP contribution in [0.3, 0.4) is 0 Å². The number of benzene rings is 7. The summed E-state index contributed by atoms with van der Waals surface area (Å²) in [5, 5.41) is 2.74. The number of hydrogen-bond acceptors (Lipinski definition) is 1. The minimum Gasteiger partial charge on any atom is -0.135 e. The largest absolute Gasteiger partial charge is 0.135 e. The maximum Gasteiger partial charge on any atom is 0.0361 e. The molecule has 1 heterocycles. The standard InChI is InChI=1S/C52H40S/c1-2-9-34(10-3-1)35-19-21-36(22-20-35)37-11-6-12-38(30-37)43-15-8-18-49-51(43)45-31-39(23-24-48(45)53-49)42-14-7-17-47-50(42)44-13-4-5-16-46(44)52(47)40-26-32-25-33(28-40)29-41(52)27-32/h1-24,30-33,40-41H,25-29H2. The Hall–Kier alpha value is -5.24. The molecule has 254 valence electrons. The summed E-state index contributed by atoms with van der Waals surface area (Å²) in [6.07, 6.45) is 7.16. The van der Waals surface area contributed by atoms with Crippen molar-refractivity contribution in [2.24, 2.45) is 23.7 Å². The predicted molar refractivity (Wildman–Crippen MR) is 224 cm³/mol. The van der Waals surface area contributed by atoms with E-state index in [1.54, 1.807) is 11.1 Å². The number of thiophene rings is 1. The lowest BCUT2D eigenvalue weighted by Crippen LogP contribution is -2.55. The van der Waals surface area contributed by atoms with Gasteiger partial charge in [-0.3, -0.25) is 0 Å². The van der Waals surface area contributed by atoms with Gasteiger partial charge in [0.2, 0.25) is 0 Å². The van der Waals surface area contributed by atoms with Crippen molar-refractivity contribution in [1.29, 1.82) is 0 Å². The molecule has 0 unspecified atom stereocenters. The Kier molecular flexibility index (Phi) is 6.49. The number of fused-ring (bicyclic) bond motifs is 6. The molecule has 0 saturated heterocycles. The molecule has 4 saturated carbocycles. The van der Waals surface area contributed by atoms with Crippen LogP contribution >= 0.6 is 11.3 Å². The first-order chi connectivity index (χ1) is 26.2. The molecule has 1 aromatic heterocycles. The average Bonchev–Trinajstić information content (AvgIpc) is 3.74. The first kappa shape index (κ1) is 30.2. The molecule has 0 radical (unpaired) electrons. The van der Waals surface area contributed by atoms with E-state index in [0.29, 0.717) is 0 Å². The Balaban J connectivity index is 0.987. The van der Waals surface area contributed by atoms with E-state index < -0.39 is 0 Å². The minimum absolute atomic E-state index is 0.189. The fraction of sp³-hybridized carbons (Fsp3) is 0.192. The molecule has 0 amide bonds. The van der Waals surface area contributed by atoms with Gasteiger partial charge in [0.1, 0.15) is 0 Å². The molecule has 8 aromatic rings. The molecule has 0 N–H and O–H groups in total. The lowest BCUT2D eigenvalue weighted by atomic mass is 9.43. The summed E-state index contributed by atoms with van der Waals surface area (Å²) in [6.45, 7) is 0. The summed E-state index contributed by atoms with van der Waals surface area (Å²) in [6, 6.07) is 59.8. The van der Waals surface area contributed by atoms with Crippen LogP contribution in [-0.2, 0) is 5.41 Å². The van der Waals surface area contributed by atoms with Gasteiger partial charge in [0.05, 0.1) is 0 Å². The van der Waals surface area contributed by atoms with Gasteiger partial charge in [-0.05, 0) is 147 Å². The SMILES string of the molecule is c1ccc(-c2ccc(-c3cccc(-c4cccc5sc6ccc(-c7cccc8c7-c7ccccc7C87C8CC9CC(C8)CC7C9)cc6c45)c3)cc2)cc1. The molecule has 0 atom stereocenters. The Labute approximate surface area is 315 Å². The van der Waals surface area contributed by atoms with E-state index in [2.05, 4.69) is 158 Å². The third kappa shape index (κ3) is 4.35. The maximum absolute atomic E-state index is 2.53.